The smallest absolute Gasteiger partial charge is 0.198 e. The van der Waals surface area contributed by atoms with Crippen LogP contribution in [-0.4, -0.2) is 6.29 Å². The number of unbranched alkanes of at least 4 members (excludes halogenated alkanes) is 1. The zero-order valence-corrected chi connectivity index (χ0v) is 9.10. The summed E-state index contributed by atoms with van der Waals surface area (Å²) in [6, 6.07) is 0. The van der Waals surface area contributed by atoms with E-state index in [1.807, 2.05) is 6.29 Å². The van der Waals surface area contributed by atoms with Gasteiger partial charge in [0.1, 0.15) is 0 Å². The second-order valence-electron chi connectivity index (χ2n) is 4.00. The summed E-state index contributed by atoms with van der Waals surface area (Å²) >= 11 is 0. The van der Waals surface area contributed by atoms with E-state index < -0.39 is 0 Å². The van der Waals surface area contributed by atoms with E-state index in [0.29, 0.717) is 6.42 Å². The lowest BCUT2D eigenvalue weighted by molar-refractivity contribution is 0.476. The monoisotopic (exact) mass is 181 g/mol. The lowest BCUT2D eigenvalue weighted by Gasteiger charge is -2.07. The summed E-state index contributed by atoms with van der Waals surface area (Å²) in [5.41, 5.74) is 1.40. The molecule has 0 aliphatic rings. The maximum absolute atomic E-state index is 9.96. The Kier molecular flexibility index (Phi) is 7.66. The molecule has 0 bridgehead atoms. The van der Waals surface area contributed by atoms with Crippen molar-refractivity contribution in [1.82, 2.24) is 0 Å². The average Bonchev–Trinajstić information content (AvgIpc) is 2.04. The van der Waals surface area contributed by atoms with Crippen molar-refractivity contribution in [2.75, 3.05) is 0 Å². The molecule has 1 heteroatoms. The molecule has 0 aliphatic heterocycles. The zero-order valence-electron chi connectivity index (χ0n) is 9.10. The summed E-state index contributed by atoms with van der Waals surface area (Å²) in [6.45, 7) is 6.52. The molecule has 0 amide bonds. The van der Waals surface area contributed by atoms with Crippen LogP contribution in [0.25, 0.3) is 0 Å². The van der Waals surface area contributed by atoms with Crippen LogP contribution in [0.4, 0.5) is 0 Å². The van der Waals surface area contributed by atoms with E-state index in [4.69, 9.17) is 0 Å². The molecule has 0 fully saturated rings. The van der Waals surface area contributed by atoms with E-state index in [1.54, 1.807) is 0 Å². The summed E-state index contributed by atoms with van der Waals surface area (Å²) < 4.78 is 0. The van der Waals surface area contributed by atoms with Gasteiger partial charge < -0.3 is 0 Å². The van der Waals surface area contributed by atoms with Crippen LogP contribution in [0.1, 0.15) is 52.9 Å². The summed E-state index contributed by atoms with van der Waals surface area (Å²) in [5, 5.41) is 0. The third-order valence-corrected chi connectivity index (χ3v) is 2.19. The van der Waals surface area contributed by atoms with Crippen molar-refractivity contribution < 1.29 is 4.79 Å². The van der Waals surface area contributed by atoms with Crippen LogP contribution < -0.4 is 0 Å². The Hall–Kier alpha value is -0.590. The summed E-state index contributed by atoms with van der Waals surface area (Å²) in [7, 11) is 0. The molecule has 0 aliphatic carbocycles. The molecule has 0 heterocycles. The van der Waals surface area contributed by atoms with Gasteiger partial charge in [0.05, 0.1) is 0 Å². The largest absolute Gasteiger partial charge is 0.291 e. The Bertz CT molecular complexity index is 155. The Morgan fingerprint density at radius 2 is 2.08 bits per heavy atom. The van der Waals surface area contributed by atoms with Crippen LogP contribution in [0.15, 0.2) is 11.6 Å². The first-order chi connectivity index (χ1) is 6.16. The van der Waals surface area contributed by atoms with Crippen molar-refractivity contribution in [3.05, 3.63) is 11.6 Å². The molecule has 1 nitrogen and oxygen atoms in total. The van der Waals surface area contributed by atoms with Crippen LogP contribution in [0.5, 0.6) is 0 Å². The number of rotatable bonds is 7. The maximum atomic E-state index is 9.96. The number of allylic oxidation sites excluding steroid dienone is 2. The molecule has 1 radical (unpaired) electrons. The highest BCUT2D eigenvalue weighted by Gasteiger charge is 2.00. The van der Waals surface area contributed by atoms with Crippen molar-refractivity contribution >= 4 is 6.29 Å². The lowest BCUT2D eigenvalue weighted by atomic mass is 9.98. The normalized spacial score (nSPS) is 12.2. The topological polar surface area (TPSA) is 17.1 Å². The van der Waals surface area contributed by atoms with Gasteiger partial charge in [0.15, 0.2) is 6.29 Å². The van der Waals surface area contributed by atoms with Crippen LogP contribution >= 0.6 is 0 Å². The minimum atomic E-state index is 0.604. The molecule has 0 N–H and O–H groups in total. The van der Waals surface area contributed by atoms with Gasteiger partial charge >= 0.3 is 0 Å². The fourth-order valence-corrected chi connectivity index (χ4v) is 1.32. The van der Waals surface area contributed by atoms with Gasteiger partial charge in [-0.15, -0.1) is 0 Å². The van der Waals surface area contributed by atoms with Gasteiger partial charge in [-0.3, -0.25) is 4.79 Å². The molecular weight excluding hydrogens is 160 g/mol. The second-order valence-corrected chi connectivity index (χ2v) is 4.00. The highest BCUT2D eigenvalue weighted by atomic mass is 16.1. The van der Waals surface area contributed by atoms with Gasteiger partial charge in [0, 0.05) is 6.42 Å². The van der Waals surface area contributed by atoms with Gasteiger partial charge in [-0.1, -0.05) is 25.0 Å². The van der Waals surface area contributed by atoms with Crippen LogP contribution in [0.2, 0.25) is 0 Å². The molecule has 0 saturated carbocycles. The minimum absolute atomic E-state index is 0.604. The Labute approximate surface area is 82.2 Å². The molecule has 75 valence electrons. The molecule has 0 aromatic carbocycles. The van der Waals surface area contributed by atoms with Gasteiger partial charge in [-0.05, 0) is 39.0 Å². The molecule has 1 atom stereocenters. The van der Waals surface area contributed by atoms with E-state index in [9.17, 15) is 4.79 Å². The van der Waals surface area contributed by atoms with Crippen molar-refractivity contribution in [3.63, 3.8) is 0 Å². The maximum Gasteiger partial charge on any atom is 0.198 e. The minimum Gasteiger partial charge on any atom is -0.291 e. The molecule has 13 heavy (non-hydrogen) atoms. The van der Waals surface area contributed by atoms with E-state index in [1.165, 1.54) is 18.4 Å². The lowest BCUT2D eigenvalue weighted by Crippen LogP contribution is -1.94. The standard InChI is InChI=1S/C12H21O/c1-11(2)7-6-9-12(3)8-4-5-10-13/h7,12H,4-6,8-9H2,1-3H3/t12-/m1/s1. The molecule has 0 spiro atoms. The predicted octanol–water partition coefficient (Wildman–Crippen LogP) is 3.65. The van der Waals surface area contributed by atoms with E-state index in [2.05, 4.69) is 26.8 Å². The predicted molar refractivity (Wildman–Crippen MR) is 57.4 cm³/mol. The number of hydrogen-bond donors (Lipinski definition) is 0. The number of carbonyl (C=O) groups excluding carboxylic acids is 1. The summed E-state index contributed by atoms with van der Waals surface area (Å²) in [6.07, 6.45) is 9.39. The van der Waals surface area contributed by atoms with Crippen LogP contribution in [0.3, 0.4) is 0 Å². The molecule has 0 aromatic heterocycles. The zero-order chi connectivity index (χ0) is 10.1. The summed E-state index contributed by atoms with van der Waals surface area (Å²) in [4.78, 5) is 9.96. The van der Waals surface area contributed by atoms with Gasteiger partial charge in [-0.2, -0.15) is 0 Å². The first kappa shape index (κ1) is 12.4. The Balaban J connectivity index is 3.34. The van der Waals surface area contributed by atoms with Gasteiger partial charge in [0.2, 0.25) is 0 Å². The van der Waals surface area contributed by atoms with E-state index in [0.717, 1.165) is 18.8 Å². The Morgan fingerprint density at radius 3 is 2.62 bits per heavy atom. The highest BCUT2D eigenvalue weighted by molar-refractivity contribution is 5.50. The van der Waals surface area contributed by atoms with E-state index in [-0.39, 0.29) is 0 Å². The fraction of sp³-hybridized carbons (Fsp3) is 0.750. The first-order valence-corrected chi connectivity index (χ1v) is 5.15. The third kappa shape index (κ3) is 9.32. The van der Waals surface area contributed by atoms with Crippen molar-refractivity contribution in [2.24, 2.45) is 5.92 Å². The van der Waals surface area contributed by atoms with Crippen LogP contribution in [-0.2, 0) is 4.79 Å². The van der Waals surface area contributed by atoms with Crippen molar-refractivity contribution in [1.29, 1.82) is 0 Å². The summed E-state index contributed by atoms with van der Waals surface area (Å²) in [5.74, 6) is 0.740. The molecule has 0 aromatic rings. The SMILES string of the molecule is CC(C)=CCC[C@H](C)CCC[C]=O. The van der Waals surface area contributed by atoms with Crippen molar-refractivity contribution in [3.8, 4) is 0 Å². The molecule has 0 unspecified atom stereocenters. The van der Waals surface area contributed by atoms with Crippen LogP contribution in [0, 0.1) is 5.92 Å². The fourth-order valence-electron chi connectivity index (χ4n) is 1.32. The quantitative estimate of drug-likeness (QED) is 0.433. The molecule has 0 saturated heterocycles. The third-order valence-electron chi connectivity index (χ3n) is 2.19. The molecule has 0 rings (SSSR count). The number of hydrogen-bond acceptors (Lipinski definition) is 1. The van der Waals surface area contributed by atoms with Gasteiger partial charge in [-0.25, -0.2) is 0 Å². The van der Waals surface area contributed by atoms with E-state index >= 15 is 0 Å². The Morgan fingerprint density at radius 1 is 1.38 bits per heavy atom. The van der Waals surface area contributed by atoms with Gasteiger partial charge in [0.25, 0.3) is 0 Å². The highest BCUT2D eigenvalue weighted by Crippen LogP contribution is 2.14. The molecular formula is C12H21O. The van der Waals surface area contributed by atoms with Crippen molar-refractivity contribution in [2.45, 2.75) is 52.9 Å². The second kappa shape index (κ2) is 8.03. The first-order valence-electron chi connectivity index (χ1n) is 5.15. The average molecular weight is 181 g/mol.